The van der Waals surface area contributed by atoms with Crippen LogP contribution in [0.1, 0.15) is 37.7 Å². The summed E-state index contributed by atoms with van der Waals surface area (Å²) in [7, 11) is 0. The summed E-state index contributed by atoms with van der Waals surface area (Å²) in [5.41, 5.74) is 1.35. The molecule has 3 aromatic rings. The molecule has 4 rings (SSSR count). The highest BCUT2D eigenvalue weighted by Gasteiger charge is 2.20. The van der Waals surface area contributed by atoms with E-state index >= 15 is 0 Å². The Balaban J connectivity index is 1.38. The fraction of sp³-hybridized carbons (Fsp3) is 0.304. The first-order chi connectivity index (χ1) is 14.1. The van der Waals surface area contributed by atoms with Crippen LogP contribution in [-0.4, -0.2) is 11.0 Å². The molecule has 1 aliphatic rings. The summed E-state index contributed by atoms with van der Waals surface area (Å²) in [6.45, 7) is 0. The van der Waals surface area contributed by atoms with Crippen LogP contribution < -0.4 is 10.9 Å². The third kappa shape index (κ3) is 4.82. The van der Waals surface area contributed by atoms with Crippen LogP contribution in [0.15, 0.2) is 62.6 Å². The monoisotopic (exact) mass is 409 g/mol. The third-order valence-electron chi connectivity index (χ3n) is 5.28. The van der Waals surface area contributed by atoms with Gasteiger partial charge in [0, 0.05) is 39.3 Å². The number of amides is 1. The number of hydrogen-bond donors (Lipinski definition) is 2. The maximum absolute atomic E-state index is 12.4. The normalized spacial score (nSPS) is 14.8. The number of carbonyl (C=O) groups excluding carboxylic acids is 1. The molecule has 1 amide bonds. The van der Waals surface area contributed by atoms with Gasteiger partial charge in [0.15, 0.2) is 0 Å². The van der Waals surface area contributed by atoms with Crippen molar-refractivity contribution >= 4 is 34.3 Å². The molecule has 150 valence electrons. The summed E-state index contributed by atoms with van der Waals surface area (Å²) in [5.74, 6) is 0.794. The molecule has 1 aliphatic carbocycles. The number of nitrogens with one attached hydrogen (secondary N) is 1. The fourth-order valence-corrected chi connectivity index (χ4v) is 4.50. The maximum atomic E-state index is 12.4. The Kier molecular flexibility index (Phi) is 5.90. The van der Waals surface area contributed by atoms with Crippen molar-refractivity contribution in [3.8, 4) is 5.75 Å². The minimum absolute atomic E-state index is 0.0680. The van der Waals surface area contributed by atoms with Crippen molar-refractivity contribution in [2.75, 3.05) is 5.32 Å². The van der Waals surface area contributed by atoms with Crippen molar-refractivity contribution in [2.24, 2.45) is 5.92 Å². The minimum Gasteiger partial charge on any atom is -0.508 e. The van der Waals surface area contributed by atoms with E-state index in [1.54, 1.807) is 18.2 Å². The highest BCUT2D eigenvalue weighted by atomic mass is 32.2. The zero-order valence-electron chi connectivity index (χ0n) is 16.0. The van der Waals surface area contributed by atoms with Gasteiger partial charge in [-0.05, 0) is 55.3 Å². The van der Waals surface area contributed by atoms with E-state index in [4.69, 9.17) is 4.42 Å². The number of carbonyl (C=O) groups is 1. The lowest BCUT2D eigenvalue weighted by Crippen LogP contribution is -2.24. The number of aromatic hydroxyl groups is 1. The number of phenols is 1. The predicted octanol–water partition coefficient (Wildman–Crippen LogP) is 5.31. The van der Waals surface area contributed by atoms with Gasteiger partial charge >= 0.3 is 5.63 Å². The van der Waals surface area contributed by atoms with Gasteiger partial charge in [-0.1, -0.05) is 19.3 Å². The maximum Gasteiger partial charge on any atom is 0.340 e. The minimum atomic E-state index is -0.396. The van der Waals surface area contributed by atoms with Gasteiger partial charge in [0.2, 0.25) is 5.91 Å². The highest BCUT2D eigenvalue weighted by molar-refractivity contribution is 7.98. The molecule has 2 aromatic carbocycles. The lowest BCUT2D eigenvalue weighted by atomic mass is 9.88. The standard InChI is InChI=1S/C23H23NO4S/c25-19-9-6-16-12-17(23(27)28-21(16)13-19)14-29-20-10-7-18(8-11-20)24-22(26)15-4-2-1-3-5-15/h6-13,15,25H,1-5,14H2,(H,24,26). The second-order valence-electron chi connectivity index (χ2n) is 7.42. The predicted molar refractivity (Wildman–Crippen MR) is 115 cm³/mol. The van der Waals surface area contributed by atoms with E-state index in [1.165, 1.54) is 24.2 Å². The van der Waals surface area contributed by atoms with Crippen molar-refractivity contribution in [3.63, 3.8) is 0 Å². The number of thioether (sulfide) groups is 1. The van der Waals surface area contributed by atoms with Crippen LogP contribution in [0.4, 0.5) is 5.69 Å². The Morgan fingerprint density at radius 1 is 1.07 bits per heavy atom. The van der Waals surface area contributed by atoms with Gasteiger partial charge in [-0.3, -0.25) is 4.79 Å². The van der Waals surface area contributed by atoms with E-state index in [2.05, 4.69) is 5.32 Å². The zero-order valence-corrected chi connectivity index (χ0v) is 16.8. The lowest BCUT2D eigenvalue weighted by molar-refractivity contribution is -0.120. The van der Waals surface area contributed by atoms with Crippen molar-refractivity contribution < 1.29 is 14.3 Å². The van der Waals surface area contributed by atoms with Crippen LogP contribution >= 0.6 is 11.8 Å². The first-order valence-electron chi connectivity index (χ1n) is 9.88. The first kappa shape index (κ1) is 19.6. The summed E-state index contributed by atoms with van der Waals surface area (Å²) in [6, 6.07) is 14.2. The first-order valence-corrected chi connectivity index (χ1v) is 10.9. The molecule has 1 saturated carbocycles. The summed E-state index contributed by atoms with van der Waals surface area (Å²) in [4.78, 5) is 25.5. The number of phenolic OH excluding ortho intramolecular Hbond substituents is 1. The van der Waals surface area contributed by atoms with E-state index in [-0.39, 0.29) is 17.6 Å². The van der Waals surface area contributed by atoms with Crippen molar-refractivity contribution in [1.29, 1.82) is 0 Å². The van der Waals surface area contributed by atoms with Gasteiger partial charge < -0.3 is 14.8 Å². The average Bonchev–Trinajstić information content (AvgIpc) is 2.74. The Morgan fingerprint density at radius 2 is 1.83 bits per heavy atom. The molecule has 0 bridgehead atoms. The van der Waals surface area contributed by atoms with Crippen LogP contribution in [0.25, 0.3) is 11.0 Å². The molecule has 0 atom stereocenters. The third-order valence-corrected chi connectivity index (χ3v) is 6.34. The number of benzene rings is 2. The summed E-state index contributed by atoms with van der Waals surface area (Å²) in [6.07, 6.45) is 5.46. The Bertz CT molecular complexity index is 1070. The Hall–Kier alpha value is -2.73. The molecule has 1 heterocycles. The van der Waals surface area contributed by atoms with Gasteiger partial charge in [0.05, 0.1) is 0 Å². The Labute approximate surface area is 173 Å². The second-order valence-corrected chi connectivity index (χ2v) is 8.47. The zero-order chi connectivity index (χ0) is 20.2. The van der Waals surface area contributed by atoms with E-state index < -0.39 is 5.63 Å². The highest BCUT2D eigenvalue weighted by Crippen LogP contribution is 2.27. The molecule has 1 aromatic heterocycles. The van der Waals surface area contributed by atoms with Gasteiger partial charge in [0.1, 0.15) is 11.3 Å². The number of rotatable bonds is 5. The van der Waals surface area contributed by atoms with Crippen LogP contribution in [0.2, 0.25) is 0 Å². The largest absolute Gasteiger partial charge is 0.508 e. The molecule has 0 radical (unpaired) electrons. The molecule has 0 unspecified atom stereocenters. The van der Waals surface area contributed by atoms with E-state index in [0.717, 1.165) is 41.7 Å². The molecule has 29 heavy (non-hydrogen) atoms. The van der Waals surface area contributed by atoms with Crippen LogP contribution in [0.3, 0.4) is 0 Å². The fourth-order valence-electron chi connectivity index (χ4n) is 3.65. The van der Waals surface area contributed by atoms with Crippen molar-refractivity contribution in [2.45, 2.75) is 42.8 Å². The summed E-state index contributed by atoms with van der Waals surface area (Å²) < 4.78 is 5.31. The SMILES string of the molecule is O=C(Nc1ccc(SCc2cc3ccc(O)cc3oc2=O)cc1)C1CCCCC1. The van der Waals surface area contributed by atoms with Crippen LogP contribution in [0, 0.1) is 5.92 Å². The molecule has 0 aliphatic heterocycles. The van der Waals surface area contributed by atoms with Crippen molar-refractivity contribution in [3.05, 3.63) is 64.5 Å². The molecule has 2 N–H and O–H groups in total. The van der Waals surface area contributed by atoms with E-state index in [9.17, 15) is 14.7 Å². The number of fused-ring (bicyclic) bond motifs is 1. The Morgan fingerprint density at radius 3 is 2.59 bits per heavy atom. The molecule has 0 saturated heterocycles. The quantitative estimate of drug-likeness (QED) is 0.441. The number of anilines is 1. The van der Waals surface area contributed by atoms with Gasteiger partial charge in [-0.25, -0.2) is 4.79 Å². The molecule has 0 spiro atoms. The molecular formula is C23H23NO4S. The van der Waals surface area contributed by atoms with E-state index in [0.29, 0.717) is 16.9 Å². The van der Waals surface area contributed by atoms with Gasteiger partial charge in [-0.15, -0.1) is 11.8 Å². The average molecular weight is 410 g/mol. The topological polar surface area (TPSA) is 79.5 Å². The van der Waals surface area contributed by atoms with Crippen molar-refractivity contribution in [1.82, 2.24) is 0 Å². The molecular weight excluding hydrogens is 386 g/mol. The molecule has 6 heteroatoms. The van der Waals surface area contributed by atoms with Gasteiger partial charge in [0.25, 0.3) is 0 Å². The lowest BCUT2D eigenvalue weighted by Gasteiger charge is -2.20. The summed E-state index contributed by atoms with van der Waals surface area (Å²) >= 11 is 1.53. The van der Waals surface area contributed by atoms with E-state index in [1.807, 2.05) is 24.3 Å². The summed E-state index contributed by atoms with van der Waals surface area (Å²) in [5, 5.41) is 13.3. The molecule has 5 nitrogen and oxygen atoms in total. The van der Waals surface area contributed by atoms with Crippen LogP contribution in [0.5, 0.6) is 5.75 Å². The van der Waals surface area contributed by atoms with Crippen LogP contribution in [-0.2, 0) is 10.5 Å². The second kappa shape index (κ2) is 8.74. The molecule has 1 fully saturated rings. The van der Waals surface area contributed by atoms with Gasteiger partial charge in [-0.2, -0.15) is 0 Å². The number of hydrogen-bond acceptors (Lipinski definition) is 5. The smallest absolute Gasteiger partial charge is 0.340 e.